The van der Waals surface area contributed by atoms with Gasteiger partial charge in [-0.3, -0.25) is 4.79 Å². The van der Waals surface area contributed by atoms with Crippen molar-refractivity contribution in [2.24, 2.45) is 5.10 Å². The summed E-state index contributed by atoms with van der Waals surface area (Å²) in [6.07, 6.45) is 1.49. The van der Waals surface area contributed by atoms with Gasteiger partial charge in [-0.2, -0.15) is 5.10 Å². The number of hydrazone groups is 1. The fourth-order valence-corrected chi connectivity index (χ4v) is 2.24. The zero-order valence-corrected chi connectivity index (χ0v) is 14.2. The van der Waals surface area contributed by atoms with Crippen LogP contribution in [0.5, 0.6) is 11.5 Å². The molecule has 0 aliphatic heterocycles. The van der Waals surface area contributed by atoms with Crippen molar-refractivity contribution in [1.29, 1.82) is 0 Å². The van der Waals surface area contributed by atoms with Crippen LogP contribution in [0.25, 0.3) is 0 Å². The molecule has 1 amide bonds. The average Bonchev–Trinajstić information content (AvgIpc) is 2.49. The van der Waals surface area contributed by atoms with E-state index in [9.17, 15) is 9.90 Å². The maximum absolute atomic E-state index is 11.6. The number of benzene rings is 2. The lowest BCUT2D eigenvalue weighted by atomic mass is 10.2. The number of hydrogen-bond donors (Lipinski definition) is 2. The number of ether oxygens (including phenoxy) is 1. The summed E-state index contributed by atoms with van der Waals surface area (Å²) in [7, 11) is 0. The second-order valence-corrected chi connectivity index (χ2v) is 5.85. The topological polar surface area (TPSA) is 70.9 Å². The fraction of sp³-hybridized carbons (Fsp3) is 0.0667. The normalized spacial score (nSPS) is 10.6. The van der Waals surface area contributed by atoms with E-state index in [1.54, 1.807) is 42.5 Å². The highest BCUT2D eigenvalue weighted by atomic mass is 127. The van der Waals surface area contributed by atoms with E-state index in [1.807, 2.05) is 22.6 Å². The Kier molecular flexibility index (Phi) is 6.02. The largest absolute Gasteiger partial charge is 0.507 e. The SMILES string of the molecule is O=C(COc1cccc(Cl)c1)NN=Cc1ccc(O)c(I)c1. The van der Waals surface area contributed by atoms with Gasteiger partial charge in [-0.05, 0) is 64.6 Å². The Hall–Kier alpha value is -1.80. The highest BCUT2D eigenvalue weighted by Gasteiger charge is 2.02. The molecule has 2 N–H and O–H groups in total. The summed E-state index contributed by atoms with van der Waals surface area (Å²) in [6.45, 7) is -0.162. The molecule has 0 saturated carbocycles. The van der Waals surface area contributed by atoms with E-state index < -0.39 is 0 Å². The number of hydrogen-bond acceptors (Lipinski definition) is 4. The number of rotatable bonds is 5. The summed E-state index contributed by atoms with van der Waals surface area (Å²) in [5.41, 5.74) is 3.12. The number of carbonyl (C=O) groups is 1. The van der Waals surface area contributed by atoms with Crippen LogP contribution in [0.1, 0.15) is 5.56 Å². The van der Waals surface area contributed by atoms with E-state index >= 15 is 0 Å². The van der Waals surface area contributed by atoms with Crippen LogP contribution in [-0.2, 0) is 4.79 Å². The third-order valence-corrected chi connectivity index (χ3v) is 3.64. The van der Waals surface area contributed by atoms with Crippen molar-refractivity contribution in [2.75, 3.05) is 6.61 Å². The lowest BCUT2D eigenvalue weighted by Crippen LogP contribution is -2.24. The Morgan fingerprint density at radius 2 is 2.18 bits per heavy atom. The van der Waals surface area contributed by atoms with Gasteiger partial charge in [-0.25, -0.2) is 5.43 Å². The van der Waals surface area contributed by atoms with Gasteiger partial charge in [-0.1, -0.05) is 17.7 Å². The first-order valence-corrected chi connectivity index (χ1v) is 7.69. The molecule has 5 nitrogen and oxygen atoms in total. The predicted octanol–water partition coefficient (Wildman–Crippen LogP) is 3.18. The molecule has 114 valence electrons. The Morgan fingerprint density at radius 1 is 1.36 bits per heavy atom. The maximum atomic E-state index is 11.6. The minimum atomic E-state index is -0.385. The van der Waals surface area contributed by atoms with Crippen molar-refractivity contribution < 1.29 is 14.6 Å². The molecule has 0 aliphatic rings. The molecule has 0 atom stereocenters. The molecule has 0 radical (unpaired) electrons. The molecule has 7 heteroatoms. The van der Waals surface area contributed by atoms with E-state index in [1.165, 1.54) is 6.21 Å². The fourth-order valence-electron chi connectivity index (χ4n) is 1.52. The number of carbonyl (C=O) groups excluding carboxylic acids is 1. The Balaban J connectivity index is 1.82. The molecule has 2 rings (SSSR count). The highest BCUT2D eigenvalue weighted by molar-refractivity contribution is 14.1. The lowest BCUT2D eigenvalue weighted by molar-refractivity contribution is -0.123. The molecule has 2 aromatic rings. The van der Waals surface area contributed by atoms with E-state index in [-0.39, 0.29) is 18.3 Å². The lowest BCUT2D eigenvalue weighted by Gasteiger charge is -2.05. The summed E-state index contributed by atoms with van der Waals surface area (Å²) in [6, 6.07) is 11.8. The van der Waals surface area contributed by atoms with Gasteiger partial charge in [0.1, 0.15) is 11.5 Å². The van der Waals surface area contributed by atoms with Gasteiger partial charge in [0, 0.05) is 5.02 Å². The quantitative estimate of drug-likeness (QED) is 0.435. The first kappa shape index (κ1) is 16.6. The van der Waals surface area contributed by atoms with Crippen molar-refractivity contribution in [3.05, 3.63) is 56.6 Å². The smallest absolute Gasteiger partial charge is 0.277 e. The second-order valence-electron chi connectivity index (χ2n) is 4.25. The van der Waals surface area contributed by atoms with Crippen LogP contribution in [0.3, 0.4) is 0 Å². The van der Waals surface area contributed by atoms with Gasteiger partial charge >= 0.3 is 0 Å². The van der Waals surface area contributed by atoms with Crippen LogP contribution < -0.4 is 10.2 Å². The molecule has 0 unspecified atom stereocenters. The molecule has 22 heavy (non-hydrogen) atoms. The number of aromatic hydroxyl groups is 1. The first-order chi connectivity index (χ1) is 10.5. The second kappa shape index (κ2) is 8.00. The number of nitrogens with zero attached hydrogens (tertiary/aromatic N) is 1. The van der Waals surface area contributed by atoms with Crippen molar-refractivity contribution >= 4 is 46.3 Å². The molecule has 0 aromatic heterocycles. The Bertz CT molecular complexity index is 707. The maximum Gasteiger partial charge on any atom is 0.277 e. The van der Waals surface area contributed by atoms with Gasteiger partial charge in [0.05, 0.1) is 9.78 Å². The molecule has 0 aliphatic carbocycles. The zero-order chi connectivity index (χ0) is 15.9. The molecule has 0 fully saturated rings. The van der Waals surface area contributed by atoms with Gasteiger partial charge in [0.15, 0.2) is 6.61 Å². The van der Waals surface area contributed by atoms with Gasteiger partial charge in [-0.15, -0.1) is 0 Å². The molecular weight excluding hydrogens is 419 g/mol. The number of phenolic OH excluding ortho intramolecular Hbond substituents is 1. The zero-order valence-electron chi connectivity index (χ0n) is 11.3. The monoisotopic (exact) mass is 430 g/mol. The number of phenols is 1. The highest BCUT2D eigenvalue weighted by Crippen LogP contribution is 2.19. The Labute approximate surface area is 146 Å². The van der Waals surface area contributed by atoms with Crippen LogP contribution in [-0.4, -0.2) is 23.8 Å². The van der Waals surface area contributed by atoms with E-state index in [0.29, 0.717) is 14.3 Å². The van der Waals surface area contributed by atoms with Crippen LogP contribution in [0.15, 0.2) is 47.6 Å². The standard InChI is InChI=1S/C15H12ClIN2O3/c16-11-2-1-3-12(7-11)22-9-15(21)19-18-8-10-4-5-14(20)13(17)6-10/h1-8,20H,9H2,(H,19,21). The third-order valence-electron chi connectivity index (χ3n) is 2.54. The summed E-state index contributed by atoms with van der Waals surface area (Å²) in [5, 5.41) is 13.8. The predicted molar refractivity (Wildman–Crippen MR) is 93.5 cm³/mol. The summed E-state index contributed by atoms with van der Waals surface area (Å²) in [5.74, 6) is 0.334. The Morgan fingerprint density at radius 3 is 2.91 bits per heavy atom. The summed E-state index contributed by atoms with van der Waals surface area (Å²) in [4.78, 5) is 11.6. The van der Waals surface area contributed by atoms with Crippen molar-refractivity contribution in [1.82, 2.24) is 5.43 Å². The molecule has 0 bridgehead atoms. The van der Waals surface area contributed by atoms with Crippen molar-refractivity contribution in [3.8, 4) is 11.5 Å². The van der Waals surface area contributed by atoms with E-state index in [0.717, 1.165) is 5.56 Å². The van der Waals surface area contributed by atoms with E-state index in [2.05, 4.69) is 10.5 Å². The van der Waals surface area contributed by atoms with E-state index in [4.69, 9.17) is 16.3 Å². The minimum Gasteiger partial charge on any atom is -0.507 e. The van der Waals surface area contributed by atoms with Crippen LogP contribution in [0.2, 0.25) is 5.02 Å². The van der Waals surface area contributed by atoms with Crippen molar-refractivity contribution in [3.63, 3.8) is 0 Å². The molecular formula is C15H12ClIN2O3. The average molecular weight is 431 g/mol. The van der Waals surface area contributed by atoms with Crippen molar-refractivity contribution in [2.45, 2.75) is 0 Å². The van der Waals surface area contributed by atoms with Crippen LogP contribution in [0, 0.1) is 3.57 Å². The van der Waals surface area contributed by atoms with Gasteiger partial charge < -0.3 is 9.84 Å². The van der Waals surface area contributed by atoms with Gasteiger partial charge in [0.25, 0.3) is 5.91 Å². The van der Waals surface area contributed by atoms with Gasteiger partial charge in [0.2, 0.25) is 0 Å². The molecule has 0 saturated heterocycles. The summed E-state index contributed by atoms with van der Waals surface area (Å²) >= 11 is 7.82. The number of nitrogens with one attached hydrogen (secondary N) is 1. The molecule has 2 aromatic carbocycles. The number of amides is 1. The summed E-state index contributed by atoms with van der Waals surface area (Å²) < 4.78 is 5.99. The first-order valence-electron chi connectivity index (χ1n) is 6.23. The molecule has 0 heterocycles. The minimum absolute atomic E-state index is 0.162. The third kappa shape index (κ3) is 5.19. The molecule has 0 spiro atoms. The number of halogens is 2. The van der Waals surface area contributed by atoms with Crippen LogP contribution >= 0.6 is 34.2 Å². The van der Waals surface area contributed by atoms with Crippen LogP contribution in [0.4, 0.5) is 0 Å².